The largest absolute Gasteiger partial charge is 0.387 e. The summed E-state index contributed by atoms with van der Waals surface area (Å²) in [6.07, 6.45) is 1.56. The fraction of sp³-hybridized carbons (Fsp3) is 0.625. The third-order valence-electron chi connectivity index (χ3n) is 4.17. The van der Waals surface area contributed by atoms with Crippen LogP contribution in [-0.2, 0) is 9.59 Å². The fourth-order valence-electron chi connectivity index (χ4n) is 2.83. The summed E-state index contributed by atoms with van der Waals surface area (Å²) < 4.78 is 0. The molecule has 1 aromatic heterocycles. The van der Waals surface area contributed by atoms with Crippen molar-refractivity contribution in [3.05, 3.63) is 22.4 Å². The van der Waals surface area contributed by atoms with Crippen molar-refractivity contribution in [1.29, 1.82) is 0 Å². The van der Waals surface area contributed by atoms with E-state index in [2.05, 4.69) is 12.2 Å². The first-order valence-corrected chi connectivity index (χ1v) is 8.74. The van der Waals surface area contributed by atoms with Crippen LogP contribution in [0.3, 0.4) is 0 Å². The Hall–Kier alpha value is -1.40. The molecule has 3 unspecified atom stereocenters. The van der Waals surface area contributed by atoms with Gasteiger partial charge in [0.05, 0.1) is 12.0 Å². The standard InChI is InChI=1S/C16H24N2O3S/c1-3-4-11(2)18-9-13(7-15(18)20)16(21)17-8-14(19)12-5-6-22-10-12/h5-6,10-11,13-14,19H,3-4,7-9H2,1-2H3,(H,17,21). The zero-order valence-electron chi connectivity index (χ0n) is 13.1. The van der Waals surface area contributed by atoms with Crippen molar-refractivity contribution < 1.29 is 14.7 Å². The number of likely N-dealkylation sites (tertiary alicyclic amines) is 1. The van der Waals surface area contributed by atoms with Crippen LogP contribution in [0.15, 0.2) is 16.8 Å². The van der Waals surface area contributed by atoms with E-state index in [1.807, 2.05) is 28.7 Å². The van der Waals surface area contributed by atoms with Gasteiger partial charge in [0.15, 0.2) is 0 Å². The van der Waals surface area contributed by atoms with Crippen molar-refractivity contribution in [2.45, 2.75) is 45.3 Å². The van der Waals surface area contributed by atoms with Gasteiger partial charge < -0.3 is 15.3 Å². The lowest BCUT2D eigenvalue weighted by Gasteiger charge is -2.24. The van der Waals surface area contributed by atoms with Crippen molar-refractivity contribution in [3.8, 4) is 0 Å². The normalized spacial score (nSPS) is 21.0. The molecule has 2 amide bonds. The summed E-state index contributed by atoms with van der Waals surface area (Å²) in [5.41, 5.74) is 0.811. The highest BCUT2D eigenvalue weighted by molar-refractivity contribution is 7.07. The lowest BCUT2D eigenvalue weighted by molar-refractivity contribution is -0.130. The van der Waals surface area contributed by atoms with Gasteiger partial charge in [-0.25, -0.2) is 0 Å². The molecule has 3 atom stereocenters. The molecule has 1 saturated heterocycles. The van der Waals surface area contributed by atoms with Gasteiger partial charge in [0, 0.05) is 25.6 Å². The van der Waals surface area contributed by atoms with Gasteiger partial charge in [-0.1, -0.05) is 13.3 Å². The van der Waals surface area contributed by atoms with Gasteiger partial charge in [-0.05, 0) is 35.7 Å². The van der Waals surface area contributed by atoms with Crippen LogP contribution >= 0.6 is 11.3 Å². The Labute approximate surface area is 135 Å². The predicted octanol–water partition coefficient (Wildman–Crippen LogP) is 1.93. The number of carbonyl (C=O) groups excluding carboxylic acids is 2. The average Bonchev–Trinajstić information content (AvgIpc) is 3.14. The molecular weight excluding hydrogens is 300 g/mol. The van der Waals surface area contributed by atoms with Crippen molar-refractivity contribution in [3.63, 3.8) is 0 Å². The number of aliphatic hydroxyl groups is 1. The van der Waals surface area contributed by atoms with E-state index in [0.717, 1.165) is 18.4 Å². The van der Waals surface area contributed by atoms with Gasteiger partial charge in [-0.15, -0.1) is 0 Å². The Kier molecular flexibility index (Phi) is 5.97. The van der Waals surface area contributed by atoms with E-state index in [1.165, 1.54) is 11.3 Å². The Balaban J connectivity index is 1.82. The van der Waals surface area contributed by atoms with Crippen LogP contribution in [0.4, 0.5) is 0 Å². The van der Waals surface area contributed by atoms with Gasteiger partial charge >= 0.3 is 0 Å². The summed E-state index contributed by atoms with van der Waals surface area (Å²) in [6, 6.07) is 2.03. The van der Waals surface area contributed by atoms with Crippen LogP contribution in [0.1, 0.15) is 44.8 Å². The number of rotatable bonds is 7. The summed E-state index contributed by atoms with van der Waals surface area (Å²) in [7, 11) is 0. The van der Waals surface area contributed by atoms with Gasteiger partial charge in [-0.3, -0.25) is 9.59 Å². The summed E-state index contributed by atoms with van der Waals surface area (Å²) in [5, 5.41) is 16.5. The number of aliphatic hydroxyl groups excluding tert-OH is 1. The van der Waals surface area contributed by atoms with E-state index in [-0.39, 0.29) is 36.7 Å². The van der Waals surface area contributed by atoms with E-state index in [0.29, 0.717) is 6.54 Å². The number of hydrogen-bond donors (Lipinski definition) is 2. The molecule has 5 nitrogen and oxygen atoms in total. The number of carbonyl (C=O) groups is 2. The Bertz CT molecular complexity index is 503. The van der Waals surface area contributed by atoms with Gasteiger partial charge in [0.2, 0.25) is 11.8 Å². The second kappa shape index (κ2) is 7.74. The van der Waals surface area contributed by atoms with E-state index in [1.54, 1.807) is 0 Å². The molecule has 2 rings (SSSR count). The van der Waals surface area contributed by atoms with E-state index < -0.39 is 6.10 Å². The van der Waals surface area contributed by atoms with Gasteiger partial charge in [-0.2, -0.15) is 11.3 Å². The highest BCUT2D eigenvalue weighted by Crippen LogP contribution is 2.22. The first-order chi connectivity index (χ1) is 10.5. The molecule has 1 fully saturated rings. The molecule has 1 aliphatic heterocycles. The first-order valence-electron chi connectivity index (χ1n) is 7.80. The number of amides is 2. The van der Waals surface area contributed by atoms with Crippen molar-refractivity contribution in [2.75, 3.05) is 13.1 Å². The molecule has 2 heterocycles. The number of nitrogens with one attached hydrogen (secondary N) is 1. The van der Waals surface area contributed by atoms with Crippen LogP contribution < -0.4 is 5.32 Å². The smallest absolute Gasteiger partial charge is 0.225 e. The van der Waals surface area contributed by atoms with Gasteiger partial charge in [0.25, 0.3) is 0 Å². The van der Waals surface area contributed by atoms with E-state index in [4.69, 9.17) is 0 Å². The second-order valence-electron chi connectivity index (χ2n) is 5.90. The highest BCUT2D eigenvalue weighted by atomic mass is 32.1. The lowest BCUT2D eigenvalue weighted by Crippen LogP contribution is -2.37. The average molecular weight is 324 g/mol. The molecule has 1 aliphatic rings. The van der Waals surface area contributed by atoms with E-state index in [9.17, 15) is 14.7 Å². The minimum Gasteiger partial charge on any atom is -0.387 e. The van der Waals surface area contributed by atoms with Crippen LogP contribution in [0, 0.1) is 5.92 Å². The minimum atomic E-state index is -0.692. The molecule has 6 heteroatoms. The highest BCUT2D eigenvalue weighted by Gasteiger charge is 2.36. The molecule has 2 N–H and O–H groups in total. The second-order valence-corrected chi connectivity index (χ2v) is 6.68. The molecule has 122 valence electrons. The summed E-state index contributed by atoms with van der Waals surface area (Å²) in [6.45, 7) is 4.79. The molecule has 22 heavy (non-hydrogen) atoms. The van der Waals surface area contributed by atoms with Crippen molar-refractivity contribution in [2.24, 2.45) is 5.92 Å². The molecule has 0 aromatic carbocycles. The molecule has 0 saturated carbocycles. The topological polar surface area (TPSA) is 69.6 Å². The maximum absolute atomic E-state index is 12.2. The molecule has 0 radical (unpaired) electrons. The monoisotopic (exact) mass is 324 g/mol. The van der Waals surface area contributed by atoms with Crippen LogP contribution in [-0.4, -0.2) is 41.0 Å². The summed E-state index contributed by atoms with van der Waals surface area (Å²) >= 11 is 1.51. The number of nitrogens with zero attached hydrogens (tertiary/aromatic N) is 1. The summed E-state index contributed by atoms with van der Waals surface area (Å²) in [5.74, 6) is -0.394. The molecule has 1 aromatic rings. The zero-order valence-corrected chi connectivity index (χ0v) is 13.9. The minimum absolute atomic E-state index is 0.0551. The van der Waals surface area contributed by atoms with Crippen LogP contribution in [0.25, 0.3) is 0 Å². The Morgan fingerprint density at radius 3 is 3.00 bits per heavy atom. The molecule has 0 aliphatic carbocycles. The quantitative estimate of drug-likeness (QED) is 0.805. The molecule has 0 bridgehead atoms. The Morgan fingerprint density at radius 1 is 1.59 bits per heavy atom. The fourth-order valence-corrected chi connectivity index (χ4v) is 3.54. The third kappa shape index (κ3) is 4.08. The number of thiophene rings is 1. The molecule has 0 spiro atoms. The molecular formula is C16H24N2O3S. The van der Waals surface area contributed by atoms with E-state index >= 15 is 0 Å². The summed E-state index contributed by atoms with van der Waals surface area (Å²) in [4.78, 5) is 26.0. The van der Waals surface area contributed by atoms with Gasteiger partial charge in [0.1, 0.15) is 0 Å². The van der Waals surface area contributed by atoms with Crippen LogP contribution in [0.5, 0.6) is 0 Å². The zero-order chi connectivity index (χ0) is 16.1. The van der Waals surface area contributed by atoms with Crippen molar-refractivity contribution in [1.82, 2.24) is 10.2 Å². The van der Waals surface area contributed by atoms with Crippen molar-refractivity contribution >= 4 is 23.2 Å². The SMILES string of the molecule is CCCC(C)N1CC(C(=O)NCC(O)c2ccsc2)CC1=O. The third-order valence-corrected chi connectivity index (χ3v) is 4.87. The van der Waals surface area contributed by atoms with Crippen LogP contribution in [0.2, 0.25) is 0 Å². The number of hydrogen-bond acceptors (Lipinski definition) is 4. The maximum Gasteiger partial charge on any atom is 0.225 e. The lowest BCUT2D eigenvalue weighted by atomic mass is 10.1. The maximum atomic E-state index is 12.2. The first kappa shape index (κ1) is 17.0. The Morgan fingerprint density at radius 2 is 2.36 bits per heavy atom. The predicted molar refractivity (Wildman–Crippen MR) is 86.5 cm³/mol.